The van der Waals surface area contributed by atoms with Crippen molar-refractivity contribution < 1.29 is 4.79 Å². The maximum absolute atomic E-state index is 11.4. The zero-order valence-electron chi connectivity index (χ0n) is 17.9. The van der Waals surface area contributed by atoms with Gasteiger partial charge in [-0.25, -0.2) is 0 Å². The lowest BCUT2D eigenvalue weighted by Crippen LogP contribution is -2.61. The fraction of sp³-hybridized carbons (Fsp3) is 0.440. The fourth-order valence-corrected chi connectivity index (χ4v) is 5.66. The normalized spacial score (nSPS) is 30.6. The van der Waals surface area contributed by atoms with E-state index in [0.29, 0.717) is 5.57 Å². The predicted molar refractivity (Wildman–Crippen MR) is 122 cm³/mol. The second-order valence-corrected chi connectivity index (χ2v) is 9.52. The third kappa shape index (κ3) is 2.85. The Morgan fingerprint density at radius 1 is 1.26 bits per heavy atom. The number of amidine groups is 1. The van der Waals surface area contributed by atoms with E-state index in [1.807, 2.05) is 18.4 Å². The number of nitrogens with zero attached hydrogens (tertiary/aromatic N) is 4. The molecule has 2 fully saturated rings. The maximum Gasteiger partial charge on any atom is 0.150 e. The molecule has 4 heterocycles. The van der Waals surface area contributed by atoms with Crippen LogP contribution in [0.2, 0.25) is 0 Å². The number of hydrogen-bond acceptors (Lipinski definition) is 5. The van der Waals surface area contributed by atoms with Crippen LogP contribution in [0, 0.1) is 5.92 Å². The van der Waals surface area contributed by atoms with Gasteiger partial charge >= 0.3 is 0 Å². The van der Waals surface area contributed by atoms with Gasteiger partial charge in [0.2, 0.25) is 0 Å². The van der Waals surface area contributed by atoms with Gasteiger partial charge in [-0.2, -0.15) is 0 Å². The monoisotopic (exact) mass is 415 g/mol. The number of aliphatic imine (C=N–C) groups is 1. The van der Waals surface area contributed by atoms with Crippen molar-refractivity contribution in [3.05, 3.63) is 60.0 Å². The molecule has 0 bridgehead atoms. The molecule has 0 radical (unpaired) electrons. The number of hydrogen-bond donors (Lipinski definition) is 1. The Morgan fingerprint density at radius 3 is 2.84 bits per heavy atom. The van der Waals surface area contributed by atoms with Gasteiger partial charge < -0.3 is 15.2 Å². The van der Waals surface area contributed by atoms with Crippen molar-refractivity contribution in [3.8, 4) is 0 Å². The van der Waals surface area contributed by atoms with Crippen LogP contribution in [0.1, 0.15) is 44.3 Å². The number of aromatic nitrogens is 1. The van der Waals surface area contributed by atoms with E-state index < -0.39 is 5.66 Å². The largest absolute Gasteiger partial charge is 0.342 e. The number of rotatable bonds is 5. The third-order valence-electron chi connectivity index (χ3n) is 7.50. The Morgan fingerprint density at radius 2 is 2.10 bits per heavy atom. The average Bonchev–Trinajstić information content (AvgIpc) is 3.27. The number of carbonyl (C=O) groups is 1. The number of nitrogens with two attached hydrogens (primary N) is 1. The van der Waals surface area contributed by atoms with Crippen LogP contribution in [0.4, 0.5) is 0 Å². The molecule has 6 heteroatoms. The van der Waals surface area contributed by atoms with Gasteiger partial charge in [-0.05, 0) is 68.2 Å². The summed E-state index contributed by atoms with van der Waals surface area (Å²) in [6, 6.07) is 10.9. The summed E-state index contributed by atoms with van der Waals surface area (Å²) in [6.45, 7) is 4.26. The highest BCUT2D eigenvalue weighted by molar-refractivity contribution is 6.02. The first-order valence-electron chi connectivity index (χ1n) is 11.4. The highest BCUT2D eigenvalue weighted by Gasteiger charge is 2.54. The molecule has 6 nitrogen and oxygen atoms in total. The van der Waals surface area contributed by atoms with Crippen LogP contribution in [-0.4, -0.2) is 44.9 Å². The van der Waals surface area contributed by atoms with Crippen LogP contribution < -0.4 is 5.73 Å². The van der Waals surface area contributed by atoms with Gasteiger partial charge in [0, 0.05) is 36.1 Å². The lowest BCUT2D eigenvalue weighted by Gasteiger charge is -2.47. The number of aldehydes is 1. The molecule has 1 saturated carbocycles. The summed E-state index contributed by atoms with van der Waals surface area (Å²) in [5.41, 5.74) is 9.37. The first-order valence-corrected chi connectivity index (χ1v) is 11.4. The molecule has 0 amide bonds. The highest BCUT2D eigenvalue weighted by Crippen LogP contribution is 2.48. The van der Waals surface area contributed by atoms with E-state index in [1.54, 1.807) is 0 Å². The molecule has 31 heavy (non-hydrogen) atoms. The number of fused-ring (bicyclic) bond motifs is 2. The van der Waals surface area contributed by atoms with Crippen LogP contribution >= 0.6 is 0 Å². The molecule has 2 unspecified atom stereocenters. The highest BCUT2D eigenvalue weighted by atomic mass is 16.1. The minimum absolute atomic E-state index is 0.00755. The molecule has 2 aromatic rings. The van der Waals surface area contributed by atoms with E-state index in [9.17, 15) is 4.79 Å². The van der Waals surface area contributed by atoms with Crippen molar-refractivity contribution in [3.63, 3.8) is 0 Å². The molecule has 2 N–H and O–H groups in total. The fourth-order valence-electron chi connectivity index (χ4n) is 5.66. The van der Waals surface area contributed by atoms with Crippen molar-refractivity contribution in [2.24, 2.45) is 16.6 Å². The molecule has 1 aromatic heterocycles. The summed E-state index contributed by atoms with van der Waals surface area (Å²) in [4.78, 5) is 21.3. The van der Waals surface area contributed by atoms with E-state index in [2.05, 4.69) is 51.6 Å². The van der Waals surface area contributed by atoms with E-state index in [1.165, 1.54) is 29.4 Å². The number of likely N-dealkylation sites (tertiary alicyclic amines) is 1. The number of benzene rings is 1. The molecule has 1 aromatic carbocycles. The van der Waals surface area contributed by atoms with E-state index in [0.717, 1.165) is 44.0 Å². The van der Waals surface area contributed by atoms with Crippen molar-refractivity contribution >= 4 is 23.0 Å². The van der Waals surface area contributed by atoms with Gasteiger partial charge in [-0.15, -0.1) is 0 Å². The second kappa shape index (κ2) is 6.90. The Labute approximate surface area is 182 Å². The van der Waals surface area contributed by atoms with Crippen molar-refractivity contribution in [2.45, 2.75) is 57.0 Å². The molecule has 4 aliphatic rings. The van der Waals surface area contributed by atoms with Gasteiger partial charge in [0.05, 0.1) is 6.17 Å². The summed E-state index contributed by atoms with van der Waals surface area (Å²) in [7, 11) is 0. The first kappa shape index (κ1) is 19.0. The van der Waals surface area contributed by atoms with Gasteiger partial charge in [0.25, 0.3) is 0 Å². The van der Waals surface area contributed by atoms with Crippen LogP contribution in [0.5, 0.6) is 0 Å². The lowest BCUT2D eigenvalue weighted by atomic mass is 9.96. The molecule has 6 rings (SSSR count). The molecule has 1 aliphatic carbocycles. The summed E-state index contributed by atoms with van der Waals surface area (Å²) in [5.74, 6) is 1.60. The average molecular weight is 416 g/mol. The zero-order valence-corrected chi connectivity index (χ0v) is 17.9. The minimum atomic E-state index is -0.414. The Bertz CT molecular complexity index is 1140. The van der Waals surface area contributed by atoms with E-state index in [4.69, 9.17) is 10.7 Å². The summed E-state index contributed by atoms with van der Waals surface area (Å²) >= 11 is 0. The quantitative estimate of drug-likeness (QED) is 0.759. The summed E-state index contributed by atoms with van der Waals surface area (Å²) in [6.07, 6.45) is 11.4. The van der Waals surface area contributed by atoms with E-state index >= 15 is 0 Å². The van der Waals surface area contributed by atoms with Crippen LogP contribution in [0.25, 0.3) is 10.9 Å². The number of allylic oxidation sites excluding steroid dienone is 2. The Balaban J connectivity index is 1.54. The molecule has 3 atom stereocenters. The number of para-hydroxylation sites is 1. The Kier molecular flexibility index (Phi) is 4.24. The van der Waals surface area contributed by atoms with Gasteiger partial charge in [-0.3, -0.25) is 14.7 Å². The zero-order chi connectivity index (χ0) is 21.2. The predicted octanol–water partition coefficient (Wildman–Crippen LogP) is 3.56. The SMILES string of the molecule is CC1(N2CCCC2N)[C@@H](c2cc3ccccc3n2CC2CC2)N=C2C=C(C=O)C=CN21. The summed E-state index contributed by atoms with van der Waals surface area (Å²) < 4.78 is 2.49. The molecule has 1 saturated heterocycles. The topological polar surface area (TPSA) is 66.9 Å². The van der Waals surface area contributed by atoms with Crippen molar-refractivity contribution in [2.75, 3.05) is 6.54 Å². The second-order valence-electron chi connectivity index (χ2n) is 9.52. The van der Waals surface area contributed by atoms with Gasteiger partial charge in [-0.1, -0.05) is 18.2 Å². The number of carbonyl (C=O) groups excluding carboxylic acids is 1. The molecule has 3 aliphatic heterocycles. The van der Waals surface area contributed by atoms with Gasteiger partial charge in [0.15, 0.2) is 0 Å². The molecular weight excluding hydrogens is 386 g/mol. The third-order valence-corrected chi connectivity index (χ3v) is 7.50. The maximum atomic E-state index is 11.4. The summed E-state index contributed by atoms with van der Waals surface area (Å²) in [5, 5.41) is 1.26. The van der Waals surface area contributed by atoms with Crippen LogP contribution in [0.3, 0.4) is 0 Å². The molecule has 160 valence electrons. The first-order chi connectivity index (χ1) is 15.1. The van der Waals surface area contributed by atoms with Crippen molar-refractivity contribution in [1.29, 1.82) is 0 Å². The van der Waals surface area contributed by atoms with Crippen LogP contribution in [0.15, 0.2) is 59.2 Å². The Hall–Kier alpha value is -2.70. The molecule has 0 spiro atoms. The minimum Gasteiger partial charge on any atom is -0.342 e. The van der Waals surface area contributed by atoms with Crippen LogP contribution in [-0.2, 0) is 11.3 Å². The standard InChI is InChI=1S/C25H29N5O/c1-25(29-11-4-7-22(29)26)24(27-23-13-18(16-31)10-12-30(23)25)21-14-19-5-2-3-6-20(19)28(21)15-17-8-9-17/h2-3,5-6,10,12-14,16-17,22,24H,4,7-9,11,15,26H2,1H3/t22?,24-,25?/m1/s1. The van der Waals surface area contributed by atoms with E-state index in [-0.39, 0.29) is 12.2 Å². The molecular formula is C25H29N5O. The van der Waals surface area contributed by atoms with Gasteiger partial charge in [0.1, 0.15) is 23.8 Å². The smallest absolute Gasteiger partial charge is 0.150 e. The lowest BCUT2D eigenvalue weighted by molar-refractivity contribution is -0.104. The van der Waals surface area contributed by atoms with Crippen molar-refractivity contribution in [1.82, 2.24) is 14.4 Å².